The fourth-order valence-electron chi connectivity index (χ4n) is 2.52. The van der Waals surface area contributed by atoms with Crippen molar-refractivity contribution >= 4 is 10.0 Å². The number of nitrogens with one attached hydrogen (secondary N) is 1. The van der Waals surface area contributed by atoms with Crippen LogP contribution in [0.2, 0.25) is 0 Å². The second-order valence-electron chi connectivity index (χ2n) is 4.94. The summed E-state index contributed by atoms with van der Waals surface area (Å²) in [5.74, 6) is 1.51. The van der Waals surface area contributed by atoms with Crippen molar-refractivity contribution in [1.29, 1.82) is 0 Å². The van der Waals surface area contributed by atoms with Crippen molar-refractivity contribution in [1.82, 2.24) is 5.32 Å². The summed E-state index contributed by atoms with van der Waals surface area (Å²) in [5.41, 5.74) is 0. The molecule has 0 amide bonds. The summed E-state index contributed by atoms with van der Waals surface area (Å²) in [7, 11) is -3.31. The van der Waals surface area contributed by atoms with Crippen molar-refractivity contribution in [3.05, 3.63) is 0 Å². The van der Waals surface area contributed by atoms with E-state index >= 15 is 0 Å². The number of hydrogen-bond acceptors (Lipinski definition) is 3. The maximum Gasteiger partial charge on any atom is 0.210 e. The van der Waals surface area contributed by atoms with E-state index in [9.17, 15) is 8.42 Å². The summed E-state index contributed by atoms with van der Waals surface area (Å²) in [6, 6.07) is 0.463. The van der Waals surface area contributed by atoms with E-state index in [0.29, 0.717) is 12.6 Å². The summed E-state index contributed by atoms with van der Waals surface area (Å²) in [6.45, 7) is 4.98. The number of sulfonamides is 1. The van der Waals surface area contributed by atoms with Gasteiger partial charge in [0.1, 0.15) is 0 Å². The zero-order valence-electron chi connectivity index (χ0n) is 9.57. The summed E-state index contributed by atoms with van der Waals surface area (Å²) in [6.07, 6.45) is 3.58. The number of rotatable bonds is 4. The molecule has 0 heterocycles. The van der Waals surface area contributed by atoms with Crippen molar-refractivity contribution in [2.75, 3.05) is 12.3 Å². The molecule has 5 heteroatoms. The fourth-order valence-corrected chi connectivity index (χ4v) is 2.92. The Hall–Kier alpha value is -0.130. The molecular weight excluding hydrogens is 212 g/mol. The third-order valence-corrected chi connectivity index (χ3v) is 3.77. The van der Waals surface area contributed by atoms with Gasteiger partial charge in [-0.2, -0.15) is 0 Å². The quantitative estimate of drug-likeness (QED) is 0.751. The van der Waals surface area contributed by atoms with Crippen LogP contribution < -0.4 is 10.5 Å². The highest BCUT2D eigenvalue weighted by molar-refractivity contribution is 7.89. The monoisotopic (exact) mass is 234 g/mol. The molecule has 0 spiro atoms. The van der Waals surface area contributed by atoms with Gasteiger partial charge in [0.25, 0.3) is 0 Å². The largest absolute Gasteiger partial charge is 0.313 e. The molecule has 1 rings (SSSR count). The lowest BCUT2D eigenvalue weighted by atomic mass is 9.80. The first-order valence-electron chi connectivity index (χ1n) is 5.60. The predicted octanol–water partition coefficient (Wildman–Crippen LogP) is 0.689. The normalized spacial score (nSPS) is 32.9. The molecule has 0 aromatic carbocycles. The van der Waals surface area contributed by atoms with E-state index in [2.05, 4.69) is 19.2 Å². The van der Waals surface area contributed by atoms with Gasteiger partial charge in [0.2, 0.25) is 10.0 Å². The summed E-state index contributed by atoms with van der Waals surface area (Å²) in [5, 5.41) is 8.22. The smallest absolute Gasteiger partial charge is 0.210 e. The van der Waals surface area contributed by atoms with Crippen LogP contribution in [-0.4, -0.2) is 26.8 Å². The lowest BCUT2D eigenvalue weighted by Gasteiger charge is -2.32. The zero-order valence-corrected chi connectivity index (χ0v) is 10.4. The Bertz CT molecular complexity index is 280. The van der Waals surface area contributed by atoms with Gasteiger partial charge in [-0.1, -0.05) is 13.8 Å². The van der Waals surface area contributed by atoms with Gasteiger partial charge in [0.05, 0.1) is 5.75 Å². The standard InChI is InChI=1S/C10H22N2O2S/c1-8-5-9(2)7-10(6-8)12-3-4-15(11,13)14/h8-10,12H,3-7H2,1-2H3,(H2,11,13,14). The van der Waals surface area contributed by atoms with Gasteiger partial charge in [-0.05, 0) is 31.1 Å². The van der Waals surface area contributed by atoms with E-state index in [-0.39, 0.29) is 5.75 Å². The molecule has 3 N–H and O–H groups in total. The van der Waals surface area contributed by atoms with Crippen molar-refractivity contribution < 1.29 is 8.42 Å². The molecule has 1 saturated carbocycles. The van der Waals surface area contributed by atoms with Crippen LogP contribution in [0.4, 0.5) is 0 Å². The van der Waals surface area contributed by atoms with Crippen LogP contribution in [0.1, 0.15) is 33.1 Å². The SMILES string of the molecule is CC1CC(C)CC(NCCS(N)(=O)=O)C1. The first-order chi connectivity index (χ1) is 6.87. The number of nitrogens with two attached hydrogens (primary N) is 1. The minimum Gasteiger partial charge on any atom is -0.313 e. The molecule has 90 valence electrons. The molecule has 1 fully saturated rings. The van der Waals surface area contributed by atoms with E-state index < -0.39 is 10.0 Å². The van der Waals surface area contributed by atoms with Gasteiger partial charge >= 0.3 is 0 Å². The summed E-state index contributed by atoms with van der Waals surface area (Å²) >= 11 is 0. The highest BCUT2D eigenvalue weighted by atomic mass is 32.2. The number of primary sulfonamides is 1. The molecule has 15 heavy (non-hydrogen) atoms. The molecule has 2 unspecified atom stereocenters. The Kier molecular flexibility index (Phi) is 4.55. The minimum absolute atomic E-state index is 0.0340. The average Bonchev–Trinajstić information content (AvgIpc) is 1.99. The average molecular weight is 234 g/mol. The van der Waals surface area contributed by atoms with Crippen molar-refractivity contribution in [2.45, 2.75) is 39.2 Å². The van der Waals surface area contributed by atoms with E-state index in [1.165, 1.54) is 6.42 Å². The van der Waals surface area contributed by atoms with E-state index in [1.54, 1.807) is 0 Å². The summed E-state index contributed by atoms with van der Waals surface area (Å²) in [4.78, 5) is 0. The third-order valence-electron chi connectivity index (χ3n) is 3.00. The first kappa shape index (κ1) is 12.9. The number of hydrogen-bond donors (Lipinski definition) is 2. The molecule has 0 radical (unpaired) electrons. The van der Waals surface area contributed by atoms with E-state index in [1.807, 2.05) is 0 Å². The van der Waals surface area contributed by atoms with Crippen molar-refractivity contribution in [2.24, 2.45) is 17.0 Å². The molecule has 1 aliphatic rings. The maximum absolute atomic E-state index is 10.7. The predicted molar refractivity (Wildman–Crippen MR) is 61.9 cm³/mol. The van der Waals surface area contributed by atoms with Crippen LogP contribution in [0.15, 0.2) is 0 Å². The van der Waals surface area contributed by atoms with Crippen molar-refractivity contribution in [3.8, 4) is 0 Å². The lowest BCUT2D eigenvalue weighted by Crippen LogP contribution is -2.39. The molecule has 0 aromatic rings. The van der Waals surface area contributed by atoms with Gasteiger partial charge in [0.15, 0.2) is 0 Å². The lowest BCUT2D eigenvalue weighted by molar-refractivity contribution is 0.242. The van der Waals surface area contributed by atoms with E-state index in [0.717, 1.165) is 24.7 Å². The van der Waals surface area contributed by atoms with Crippen LogP contribution in [0, 0.1) is 11.8 Å². The zero-order chi connectivity index (χ0) is 11.5. The van der Waals surface area contributed by atoms with Crippen LogP contribution in [0.3, 0.4) is 0 Å². The molecule has 0 aromatic heterocycles. The minimum atomic E-state index is -3.31. The van der Waals surface area contributed by atoms with Crippen LogP contribution in [-0.2, 0) is 10.0 Å². The van der Waals surface area contributed by atoms with E-state index in [4.69, 9.17) is 5.14 Å². The Balaban J connectivity index is 2.26. The Labute approximate surface area is 92.7 Å². The molecule has 4 nitrogen and oxygen atoms in total. The van der Waals surface area contributed by atoms with Gasteiger partial charge in [-0.3, -0.25) is 0 Å². The topological polar surface area (TPSA) is 72.2 Å². The van der Waals surface area contributed by atoms with Gasteiger partial charge in [-0.25, -0.2) is 13.6 Å². The van der Waals surface area contributed by atoms with Crippen LogP contribution in [0.5, 0.6) is 0 Å². The van der Waals surface area contributed by atoms with Gasteiger partial charge in [0, 0.05) is 12.6 Å². The Morgan fingerprint density at radius 2 is 1.73 bits per heavy atom. The molecule has 1 aliphatic carbocycles. The van der Waals surface area contributed by atoms with Crippen LogP contribution >= 0.6 is 0 Å². The highest BCUT2D eigenvalue weighted by Crippen LogP contribution is 2.28. The van der Waals surface area contributed by atoms with Gasteiger partial charge in [-0.15, -0.1) is 0 Å². The Morgan fingerprint density at radius 1 is 1.20 bits per heavy atom. The molecule has 2 atom stereocenters. The maximum atomic E-state index is 10.7. The second-order valence-corrected chi connectivity index (χ2v) is 6.67. The third kappa shape index (κ3) is 5.49. The molecule has 0 saturated heterocycles. The summed E-state index contributed by atoms with van der Waals surface area (Å²) < 4.78 is 21.5. The second kappa shape index (κ2) is 5.27. The highest BCUT2D eigenvalue weighted by Gasteiger charge is 2.23. The molecular formula is C10H22N2O2S. The Morgan fingerprint density at radius 3 is 2.20 bits per heavy atom. The van der Waals surface area contributed by atoms with Gasteiger partial charge < -0.3 is 5.32 Å². The fraction of sp³-hybridized carbons (Fsp3) is 1.00. The van der Waals surface area contributed by atoms with Crippen molar-refractivity contribution in [3.63, 3.8) is 0 Å². The molecule has 0 bridgehead atoms. The van der Waals surface area contributed by atoms with Crippen LogP contribution in [0.25, 0.3) is 0 Å². The first-order valence-corrected chi connectivity index (χ1v) is 7.32. The molecule has 0 aliphatic heterocycles.